The molecule has 2 fully saturated rings. The Morgan fingerprint density at radius 2 is 2.00 bits per heavy atom. The summed E-state index contributed by atoms with van der Waals surface area (Å²) in [6, 6.07) is 1.30. The second-order valence-electron chi connectivity index (χ2n) is 5.97. The van der Waals surface area contributed by atoms with Crippen molar-refractivity contribution in [3.05, 3.63) is 12.4 Å². The molecule has 1 aromatic rings. The van der Waals surface area contributed by atoms with Gasteiger partial charge in [0.15, 0.2) is 0 Å². The molecular weight excluding hydrogens is 236 g/mol. The van der Waals surface area contributed by atoms with Gasteiger partial charge in [-0.15, -0.1) is 0 Å². The Morgan fingerprint density at radius 3 is 2.79 bits per heavy atom. The average Bonchev–Trinajstić information content (AvgIpc) is 3.10. The van der Waals surface area contributed by atoms with E-state index < -0.39 is 0 Å². The van der Waals surface area contributed by atoms with Crippen molar-refractivity contribution in [3.8, 4) is 0 Å². The first-order valence-electron chi connectivity index (χ1n) is 7.84. The van der Waals surface area contributed by atoms with Gasteiger partial charge in [-0.2, -0.15) is 0 Å². The average molecular weight is 262 g/mol. The number of anilines is 1. The highest BCUT2D eigenvalue weighted by Gasteiger charge is 2.27. The smallest absolute Gasteiger partial charge is 0.205 e. The lowest BCUT2D eigenvalue weighted by atomic mass is 10.0. The number of nitrogens with zero attached hydrogens (tertiary/aromatic N) is 3. The van der Waals surface area contributed by atoms with Gasteiger partial charge in [-0.05, 0) is 39.2 Å². The summed E-state index contributed by atoms with van der Waals surface area (Å²) in [5.41, 5.74) is 0. The van der Waals surface area contributed by atoms with Crippen molar-refractivity contribution < 1.29 is 0 Å². The number of nitrogens with one attached hydrogen (secondary N) is 1. The molecule has 4 heteroatoms. The van der Waals surface area contributed by atoms with Gasteiger partial charge in [0.2, 0.25) is 5.95 Å². The molecule has 2 heterocycles. The topological polar surface area (TPSA) is 33.1 Å². The summed E-state index contributed by atoms with van der Waals surface area (Å²) in [6.07, 6.45) is 13.5. The minimum Gasteiger partial charge on any atom is -0.338 e. The van der Waals surface area contributed by atoms with Gasteiger partial charge in [0.25, 0.3) is 0 Å². The van der Waals surface area contributed by atoms with E-state index in [0.717, 1.165) is 13.1 Å². The van der Waals surface area contributed by atoms with E-state index in [-0.39, 0.29) is 0 Å². The van der Waals surface area contributed by atoms with Gasteiger partial charge in [-0.25, -0.2) is 4.98 Å². The standard InChI is InChI=1S/C15H26N4/c1-16-12-14-8-4-5-10-18(14)15-17-9-11-19(15)13-6-2-3-7-13/h9,11,13-14,16H,2-8,10,12H2,1H3. The minimum atomic E-state index is 0.612. The van der Waals surface area contributed by atoms with Crippen LogP contribution in [0.1, 0.15) is 51.0 Å². The van der Waals surface area contributed by atoms with E-state index in [1.807, 2.05) is 6.20 Å². The lowest BCUT2D eigenvalue weighted by molar-refractivity contribution is 0.423. The zero-order valence-corrected chi connectivity index (χ0v) is 12.0. The SMILES string of the molecule is CNCC1CCCCN1c1nccn1C1CCCC1. The van der Waals surface area contributed by atoms with E-state index >= 15 is 0 Å². The third-order valence-corrected chi connectivity index (χ3v) is 4.69. The Morgan fingerprint density at radius 1 is 1.21 bits per heavy atom. The molecule has 0 amide bonds. The monoisotopic (exact) mass is 262 g/mol. The molecule has 1 aliphatic heterocycles. The first-order chi connectivity index (χ1) is 9.40. The maximum Gasteiger partial charge on any atom is 0.205 e. The molecule has 19 heavy (non-hydrogen) atoms. The second kappa shape index (κ2) is 5.95. The molecule has 1 N–H and O–H groups in total. The molecule has 106 valence electrons. The summed E-state index contributed by atoms with van der Waals surface area (Å²) in [6.45, 7) is 2.23. The quantitative estimate of drug-likeness (QED) is 0.905. The van der Waals surface area contributed by atoms with E-state index in [2.05, 4.69) is 33.0 Å². The van der Waals surface area contributed by atoms with Crippen LogP contribution in [0.3, 0.4) is 0 Å². The number of piperidine rings is 1. The van der Waals surface area contributed by atoms with Crippen molar-refractivity contribution in [2.75, 3.05) is 25.0 Å². The highest BCUT2D eigenvalue weighted by molar-refractivity contribution is 5.35. The fourth-order valence-electron chi connectivity index (χ4n) is 3.71. The van der Waals surface area contributed by atoms with Crippen molar-refractivity contribution in [1.82, 2.24) is 14.9 Å². The Bertz CT molecular complexity index is 393. The van der Waals surface area contributed by atoms with Crippen LogP contribution in [-0.2, 0) is 0 Å². The van der Waals surface area contributed by atoms with Gasteiger partial charge in [-0.3, -0.25) is 0 Å². The summed E-state index contributed by atoms with van der Waals surface area (Å²) in [5, 5.41) is 3.34. The van der Waals surface area contributed by atoms with Gasteiger partial charge in [0.1, 0.15) is 0 Å². The maximum absolute atomic E-state index is 4.68. The van der Waals surface area contributed by atoms with Crippen molar-refractivity contribution in [2.45, 2.75) is 57.0 Å². The molecule has 0 radical (unpaired) electrons. The molecule has 4 nitrogen and oxygen atoms in total. The number of aromatic nitrogens is 2. The zero-order valence-electron chi connectivity index (χ0n) is 12.0. The Labute approximate surface area is 116 Å². The van der Waals surface area contributed by atoms with Crippen LogP contribution in [-0.4, -0.2) is 35.7 Å². The largest absolute Gasteiger partial charge is 0.338 e. The van der Waals surface area contributed by atoms with Crippen LogP contribution in [0.2, 0.25) is 0 Å². The lowest BCUT2D eigenvalue weighted by Crippen LogP contribution is -2.46. The summed E-state index contributed by atoms with van der Waals surface area (Å²) in [7, 11) is 2.05. The first-order valence-corrected chi connectivity index (χ1v) is 7.84. The Kier molecular flexibility index (Phi) is 4.06. The molecule has 0 bridgehead atoms. The van der Waals surface area contributed by atoms with Gasteiger partial charge in [0, 0.05) is 37.6 Å². The summed E-state index contributed by atoms with van der Waals surface area (Å²) in [4.78, 5) is 7.22. The molecule has 1 aliphatic carbocycles. The van der Waals surface area contributed by atoms with Gasteiger partial charge >= 0.3 is 0 Å². The van der Waals surface area contributed by atoms with Crippen molar-refractivity contribution >= 4 is 5.95 Å². The Balaban J connectivity index is 1.81. The van der Waals surface area contributed by atoms with E-state index in [0.29, 0.717) is 12.1 Å². The van der Waals surface area contributed by atoms with Crippen molar-refractivity contribution in [1.29, 1.82) is 0 Å². The molecule has 1 saturated carbocycles. The van der Waals surface area contributed by atoms with Crippen LogP contribution in [0.25, 0.3) is 0 Å². The first kappa shape index (κ1) is 13.0. The third kappa shape index (κ3) is 2.64. The van der Waals surface area contributed by atoms with E-state index in [4.69, 9.17) is 0 Å². The van der Waals surface area contributed by atoms with Gasteiger partial charge in [-0.1, -0.05) is 12.8 Å². The van der Waals surface area contributed by atoms with Crippen LogP contribution in [0.5, 0.6) is 0 Å². The summed E-state index contributed by atoms with van der Waals surface area (Å²) < 4.78 is 2.45. The molecule has 3 rings (SSSR count). The van der Waals surface area contributed by atoms with E-state index in [9.17, 15) is 0 Å². The predicted octanol–water partition coefficient (Wildman–Crippen LogP) is 2.58. The zero-order chi connectivity index (χ0) is 13.1. The summed E-state index contributed by atoms with van der Waals surface area (Å²) >= 11 is 0. The normalized spacial score (nSPS) is 25.1. The fourth-order valence-corrected chi connectivity index (χ4v) is 3.71. The number of hydrogen-bond acceptors (Lipinski definition) is 3. The van der Waals surface area contributed by atoms with Crippen LogP contribution >= 0.6 is 0 Å². The van der Waals surface area contributed by atoms with Crippen LogP contribution < -0.4 is 10.2 Å². The van der Waals surface area contributed by atoms with E-state index in [1.165, 1.54) is 50.9 Å². The highest BCUT2D eigenvalue weighted by atomic mass is 15.3. The highest BCUT2D eigenvalue weighted by Crippen LogP contribution is 2.34. The Hall–Kier alpha value is -1.03. The van der Waals surface area contributed by atoms with Crippen LogP contribution in [0.15, 0.2) is 12.4 Å². The van der Waals surface area contributed by atoms with Crippen LogP contribution in [0.4, 0.5) is 5.95 Å². The maximum atomic E-state index is 4.68. The lowest BCUT2D eigenvalue weighted by Gasteiger charge is -2.37. The predicted molar refractivity (Wildman–Crippen MR) is 78.6 cm³/mol. The molecule has 1 atom stereocenters. The molecular formula is C15H26N4. The molecule has 1 unspecified atom stereocenters. The molecule has 1 aromatic heterocycles. The fraction of sp³-hybridized carbons (Fsp3) is 0.800. The number of likely N-dealkylation sites (N-methyl/N-ethyl adjacent to an activating group) is 1. The minimum absolute atomic E-state index is 0.612. The van der Waals surface area contributed by atoms with Crippen LogP contribution in [0, 0.1) is 0 Å². The second-order valence-corrected chi connectivity index (χ2v) is 5.97. The van der Waals surface area contributed by atoms with Crippen molar-refractivity contribution in [3.63, 3.8) is 0 Å². The van der Waals surface area contributed by atoms with Gasteiger partial charge < -0.3 is 14.8 Å². The number of imidazole rings is 1. The molecule has 2 aliphatic rings. The number of hydrogen-bond donors (Lipinski definition) is 1. The molecule has 1 saturated heterocycles. The van der Waals surface area contributed by atoms with Crippen molar-refractivity contribution in [2.24, 2.45) is 0 Å². The molecule has 0 spiro atoms. The summed E-state index contributed by atoms with van der Waals surface area (Å²) in [5.74, 6) is 1.21. The van der Waals surface area contributed by atoms with Gasteiger partial charge in [0.05, 0.1) is 0 Å². The molecule has 0 aromatic carbocycles. The van der Waals surface area contributed by atoms with E-state index in [1.54, 1.807) is 0 Å². The third-order valence-electron chi connectivity index (χ3n) is 4.69. The number of rotatable bonds is 4.